The van der Waals surface area contributed by atoms with Crippen molar-refractivity contribution in [1.82, 2.24) is 9.62 Å². The highest BCUT2D eigenvalue weighted by Crippen LogP contribution is 2.65. The summed E-state index contributed by atoms with van der Waals surface area (Å²) in [5, 5.41) is 3.90. The third-order valence-electron chi connectivity index (χ3n) is 7.15. The molecule has 5 heteroatoms. The summed E-state index contributed by atoms with van der Waals surface area (Å²) in [6.07, 6.45) is 7.24. The molecule has 0 amide bonds. The number of fused-ring (bicyclic) bond motifs is 2. The number of sulfonamides is 1. The topological polar surface area (TPSA) is 49.4 Å². The molecule has 3 unspecified atom stereocenters. The normalized spacial score (nSPS) is 40.8. The Morgan fingerprint density at radius 1 is 1.10 bits per heavy atom. The maximum atomic E-state index is 11.6. The molecule has 0 radical (unpaired) electrons. The highest BCUT2D eigenvalue weighted by Gasteiger charge is 2.61. The van der Waals surface area contributed by atoms with E-state index in [4.69, 9.17) is 0 Å². The van der Waals surface area contributed by atoms with Crippen molar-refractivity contribution < 1.29 is 8.42 Å². The minimum absolute atomic E-state index is 0.408. The zero-order valence-electron chi connectivity index (χ0n) is 13.9. The molecule has 0 aromatic rings. The van der Waals surface area contributed by atoms with Gasteiger partial charge in [-0.1, -0.05) is 20.8 Å². The summed E-state index contributed by atoms with van der Waals surface area (Å²) < 4.78 is 24.8. The van der Waals surface area contributed by atoms with Crippen molar-refractivity contribution in [3.63, 3.8) is 0 Å². The molecule has 2 bridgehead atoms. The SMILES string of the molecule is CC1(C)C2CCC1(C)C(NC1CCN(S(C)(=O)=O)CC1)C2. The van der Waals surface area contributed by atoms with E-state index in [1.807, 2.05) is 0 Å². The number of piperidine rings is 1. The first-order valence-corrected chi connectivity index (χ1v) is 10.2. The van der Waals surface area contributed by atoms with Gasteiger partial charge < -0.3 is 5.32 Å². The Balaban J connectivity index is 1.60. The lowest BCUT2D eigenvalue weighted by atomic mass is 9.69. The molecule has 0 aromatic heterocycles. The van der Waals surface area contributed by atoms with Crippen molar-refractivity contribution in [2.75, 3.05) is 19.3 Å². The molecule has 0 spiro atoms. The lowest BCUT2D eigenvalue weighted by Gasteiger charge is -2.42. The molecule has 1 N–H and O–H groups in total. The van der Waals surface area contributed by atoms with E-state index < -0.39 is 10.0 Å². The summed E-state index contributed by atoms with van der Waals surface area (Å²) in [5.74, 6) is 0.858. The molecule has 2 saturated carbocycles. The van der Waals surface area contributed by atoms with Crippen molar-refractivity contribution in [2.45, 2.75) is 65.0 Å². The van der Waals surface area contributed by atoms with E-state index in [1.165, 1.54) is 25.5 Å². The van der Waals surface area contributed by atoms with Gasteiger partial charge in [-0.05, 0) is 48.9 Å². The van der Waals surface area contributed by atoms with E-state index in [1.54, 1.807) is 4.31 Å². The first kappa shape index (κ1) is 15.8. The summed E-state index contributed by atoms with van der Waals surface area (Å²) in [4.78, 5) is 0. The quantitative estimate of drug-likeness (QED) is 0.869. The predicted molar refractivity (Wildman–Crippen MR) is 85.6 cm³/mol. The van der Waals surface area contributed by atoms with Gasteiger partial charge in [0.15, 0.2) is 0 Å². The molecule has 122 valence electrons. The second-order valence-corrected chi connectivity index (χ2v) is 10.2. The highest BCUT2D eigenvalue weighted by molar-refractivity contribution is 7.88. The number of hydrogen-bond donors (Lipinski definition) is 1. The van der Waals surface area contributed by atoms with Crippen molar-refractivity contribution in [2.24, 2.45) is 16.7 Å². The van der Waals surface area contributed by atoms with Crippen LogP contribution in [0.2, 0.25) is 0 Å². The van der Waals surface area contributed by atoms with Crippen LogP contribution in [-0.4, -0.2) is 44.2 Å². The van der Waals surface area contributed by atoms with Crippen LogP contribution in [0.5, 0.6) is 0 Å². The largest absolute Gasteiger partial charge is 0.311 e. The van der Waals surface area contributed by atoms with Crippen LogP contribution in [0.15, 0.2) is 0 Å². The zero-order chi connectivity index (χ0) is 15.5. The van der Waals surface area contributed by atoms with Gasteiger partial charge in [0.1, 0.15) is 0 Å². The average Bonchev–Trinajstić information content (AvgIpc) is 2.71. The Labute approximate surface area is 129 Å². The van der Waals surface area contributed by atoms with Gasteiger partial charge in [0.05, 0.1) is 6.26 Å². The number of rotatable bonds is 3. The summed E-state index contributed by atoms with van der Waals surface area (Å²) in [6, 6.07) is 1.10. The molecule has 21 heavy (non-hydrogen) atoms. The molecule has 3 aliphatic rings. The van der Waals surface area contributed by atoms with Crippen molar-refractivity contribution >= 4 is 10.0 Å². The van der Waals surface area contributed by atoms with E-state index in [-0.39, 0.29) is 0 Å². The van der Waals surface area contributed by atoms with Gasteiger partial charge in [-0.3, -0.25) is 0 Å². The van der Waals surface area contributed by atoms with Gasteiger partial charge >= 0.3 is 0 Å². The molecular formula is C16H30N2O2S. The summed E-state index contributed by atoms with van der Waals surface area (Å²) >= 11 is 0. The molecule has 1 aliphatic heterocycles. The van der Waals surface area contributed by atoms with Crippen molar-refractivity contribution in [1.29, 1.82) is 0 Å². The Kier molecular flexibility index (Phi) is 3.70. The van der Waals surface area contributed by atoms with Gasteiger partial charge in [-0.25, -0.2) is 12.7 Å². The molecular weight excluding hydrogens is 284 g/mol. The Bertz CT molecular complexity index is 508. The smallest absolute Gasteiger partial charge is 0.211 e. The lowest BCUT2D eigenvalue weighted by molar-refractivity contribution is 0.109. The molecule has 3 rings (SSSR count). The van der Waals surface area contributed by atoms with E-state index in [0.717, 1.165) is 18.8 Å². The molecule has 4 nitrogen and oxygen atoms in total. The number of hydrogen-bond acceptors (Lipinski definition) is 3. The molecule has 1 heterocycles. The van der Waals surface area contributed by atoms with Gasteiger partial charge in [-0.15, -0.1) is 0 Å². The lowest BCUT2D eigenvalue weighted by Crippen LogP contribution is -2.52. The third-order valence-corrected chi connectivity index (χ3v) is 8.46. The Morgan fingerprint density at radius 2 is 1.71 bits per heavy atom. The average molecular weight is 314 g/mol. The summed E-state index contributed by atoms with van der Waals surface area (Å²) in [7, 11) is -3.01. The minimum Gasteiger partial charge on any atom is -0.311 e. The number of nitrogens with zero attached hydrogens (tertiary/aromatic N) is 1. The number of nitrogens with one attached hydrogen (secondary N) is 1. The van der Waals surface area contributed by atoms with Crippen molar-refractivity contribution in [3.8, 4) is 0 Å². The van der Waals surface area contributed by atoms with Crippen LogP contribution in [0.25, 0.3) is 0 Å². The predicted octanol–water partition coefficient (Wildman–Crippen LogP) is 2.21. The molecule has 3 atom stereocenters. The third kappa shape index (κ3) is 2.45. The van der Waals surface area contributed by atoms with Gasteiger partial charge in [0.25, 0.3) is 0 Å². The summed E-state index contributed by atoms with van der Waals surface area (Å²) in [6.45, 7) is 8.69. The van der Waals surface area contributed by atoms with E-state index in [9.17, 15) is 8.42 Å². The van der Waals surface area contributed by atoms with Crippen LogP contribution < -0.4 is 5.32 Å². The van der Waals surface area contributed by atoms with Crippen LogP contribution in [0.1, 0.15) is 52.9 Å². The Hall–Kier alpha value is -0.130. The van der Waals surface area contributed by atoms with E-state index >= 15 is 0 Å². The fraction of sp³-hybridized carbons (Fsp3) is 1.00. The minimum atomic E-state index is -3.01. The second kappa shape index (κ2) is 4.93. The highest BCUT2D eigenvalue weighted by atomic mass is 32.2. The van der Waals surface area contributed by atoms with Gasteiger partial charge in [0.2, 0.25) is 10.0 Å². The molecule has 0 aromatic carbocycles. The van der Waals surface area contributed by atoms with Crippen LogP contribution in [0.4, 0.5) is 0 Å². The fourth-order valence-corrected chi connectivity index (χ4v) is 5.97. The first-order valence-electron chi connectivity index (χ1n) is 8.36. The summed E-state index contributed by atoms with van der Waals surface area (Å²) in [5.41, 5.74) is 0.851. The molecule has 3 fully saturated rings. The standard InChI is InChI=1S/C16H30N2O2S/c1-15(2)12-5-8-16(15,3)14(11-12)17-13-6-9-18(10-7-13)21(4,19)20/h12-14,17H,5-11H2,1-4H3. The second-order valence-electron chi connectivity index (χ2n) is 8.27. The molecule has 1 saturated heterocycles. The Morgan fingerprint density at radius 3 is 2.14 bits per heavy atom. The first-order chi connectivity index (χ1) is 9.64. The van der Waals surface area contributed by atoms with Crippen LogP contribution in [0, 0.1) is 16.7 Å². The van der Waals surface area contributed by atoms with Crippen LogP contribution in [0.3, 0.4) is 0 Å². The molecule has 2 aliphatic carbocycles. The van der Waals surface area contributed by atoms with Crippen LogP contribution >= 0.6 is 0 Å². The monoisotopic (exact) mass is 314 g/mol. The van der Waals surface area contributed by atoms with E-state index in [0.29, 0.717) is 36.0 Å². The van der Waals surface area contributed by atoms with E-state index in [2.05, 4.69) is 26.1 Å². The maximum absolute atomic E-state index is 11.6. The fourth-order valence-electron chi connectivity index (χ4n) is 5.09. The van der Waals surface area contributed by atoms with Gasteiger partial charge in [-0.2, -0.15) is 0 Å². The zero-order valence-corrected chi connectivity index (χ0v) is 14.7. The van der Waals surface area contributed by atoms with Gasteiger partial charge in [0, 0.05) is 25.2 Å². The van der Waals surface area contributed by atoms with Crippen molar-refractivity contribution in [3.05, 3.63) is 0 Å². The maximum Gasteiger partial charge on any atom is 0.211 e. The van der Waals surface area contributed by atoms with Crippen LogP contribution in [-0.2, 0) is 10.0 Å².